The van der Waals surface area contributed by atoms with Gasteiger partial charge in [-0.15, -0.1) is 5.10 Å². The summed E-state index contributed by atoms with van der Waals surface area (Å²) in [5, 5.41) is 21.3. The number of benzene rings is 1. The molecule has 0 aliphatic heterocycles. The topological polar surface area (TPSA) is 112 Å². The predicted octanol–water partition coefficient (Wildman–Crippen LogP) is 2.43. The van der Waals surface area contributed by atoms with Crippen molar-refractivity contribution in [3.63, 3.8) is 0 Å². The van der Waals surface area contributed by atoms with Crippen molar-refractivity contribution < 1.29 is 14.5 Å². The molecule has 0 fully saturated rings. The van der Waals surface area contributed by atoms with Gasteiger partial charge in [-0.1, -0.05) is 17.4 Å². The molecule has 1 heterocycles. The van der Waals surface area contributed by atoms with Crippen LogP contribution in [0.2, 0.25) is 0 Å². The highest BCUT2D eigenvalue weighted by Crippen LogP contribution is 2.19. The van der Waals surface area contributed by atoms with Gasteiger partial charge < -0.3 is 10.1 Å². The van der Waals surface area contributed by atoms with Crippen molar-refractivity contribution in [2.75, 3.05) is 0 Å². The first-order valence-corrected chi connectivity index (χ1v) is 7.53. The van der Waals surface area contributed by atoms with Gasteiger partial charge in [0.2, 0.25) is 0 Å². The van der Waals surface area contributed by atoms with E-state index >= 15 is 0 Å². The maximum Gasteiger partial charge on any atom is 0.408 e. The smallest absolute Gasteiger partial charge is 0.408 e. The minimum atomic E-state index is -0.633. The predicted molar refractivity (Wildman–Crippen MR) is 91.0 cm³/mol. The number of nitro benzene ring substituents is 1. The van der Waals surface area contributed by atoms with Gasteiger partial charge in [-0.05, 0) is 33.8 Å². The molecule has 1 N–H and O–H groups in total. The van der Waals surface area contributed by atoms with Crippen LogP contribution in [-0.4, -0.2) is 42.6 Å². The van der Waals surface area contributed by atoms with Gasteiger partial charge in [-0.2, -0.15) is 0 Å². The summed E-state index contributed by atoms with van der Waals surface area (Å²) < 4.78 is 6.46. The van der Waals surface area contributed by atoms with E-state index in [4.69, 9.17) is 17.0 Å². The van der Waals surface area contributed by atoms with E-state index in [0.717, 1.165) is 0 Å². The summed E-state index contributed by atoms with van der Waals surface area (Å²) in [5.74, 6) is 0. The van der Waals surface area contributed by atoms with Crippen molar-refractivity contribution in [3.8, 4) is 0 Å². The molecule has 1 atom stereocenters. The highest BCUT2D eigenvalue weighted by molar-refractivity contribution is 7.80. The number of hydrogen-bond acceptors (Lipinski definition) is 7. The third kappa shape index (κ3) is 4.02. The summed E-state index contributed by atoms with van der Waals surface area (Å²) >= 11 is 5.31. The normalized spacial score (nSPS) is 12.7. The Bertz CT molecular complexity index is 811. The second kappa shape index (κ2) is 6.48. The number of amides is 1. The number of rotatable bonds is 3. The Hall–Kier alpha value is -2.62. The van der Waals surface area contributed by atoms with Crippen LogP contribution in [0.1, 0.15) is 27.7 Å². The molecule has 0 aliphatic rings. The summed E-state index contributed by atoms with van der Waals surface area (Å²) in [6, 6.07) is 3.58. The van der Waals surface area contributed by atoms with Crippen LogP contribution in [0.4, 0.5) is 10.5 Å². The highest BCUT2D eigenvalue weighted by atomic mass is 32.1. The van der Waals surface area contributed by atoms with E-state index in [2.05, 4.69) is 15.6 Å². The van der Waals surface area contributed by atoms with E-state index in [1.165, 1.54) is 22.9 Å². The molecule has 1 aromatic carbocycles. The number of nitro groups is 1. The van der Waals surface area contributed by atoms with Gasteiger partial charge in [0.1, 0.15) is 21.6 Å². The number of nitrogens with one attached hydrogen (secondary N) is 1. The fraction of sp³-hybridized carbons (Fsp3) is 0.429. The lowest BCUT2D eigenvalue weighted by atomic mass is 10.2. The summed E-state index contributed by atoms with van der Waals surface area (Å²) in [6.07, 6.45) is -0.618. The van der Waals surface area contributed by atoms with Gasteiger partial charge in [0, 0.05) is 12.1 Å². The molecule has 0 saturated carbocycles. The van der Waals surface area contributed by atoms with Crippen molar-refractivity contribution in [1.82, 2.24) is 20.3 Å². The molecule has 0 radical (unpaired) electrons. The van der Waals surface area contributed by atoms with Gasteiger partial charge in [0.15, 0.2) is 0 Å². The number of non-ortho nitro benzene ring substituents is 1. The number of aromatic nitrogens is 3. The number of thiocarbonyl (C=S) groups is 1. The molecule has 2 aromatic rings. The maximum atomic E-state index is 11.8. The molecular weight excluding hydrogens is 334 g/mol. The standard InChI is InChI=1S/C14H17N5O4S/c1-8(15-13(20)23-14(2,3)4)12(24)18-11-7-9(19(21)22)5-6-10(11)16-17-18/h5-8H,1-4H3,(H,15,20)/t8-/m0/s1. The second-order valence-corrected chi connectivity index (χ2v) is 6.56. The Morgan fingerprint density at radius 2 is 2.12 bits per heavy atom. The van der Waals surface area contributed by atoms with Crippen molar-refractivity contribution >= 4 is 40.0 Å². The molecule has 2 rings (SSSR count). The van der Waals surface area contributed by atoms with Crippen molar-refractivity contribution in [2.45, 2.75) is 39.3 Å². The van der Waals surface area contributed by atoms with Crippen LogP contribution in [0.5, 0.6) is 0 Å². The Morgan fingerprint density at radius 1 is 1.46 bits per heavy atom. The number of fused-ring (bicyclic) bond motifs is 1. The minimum absolute atomic E-state index is 0.0957. The largest absolute Gasteiger partial charge is 0.444 e. The summed E-state index contributed by atoms with van der Waals surface area (Å²) in [5.41, 5.74) is 0.132. The average molecular weight is 351 g/mol. The molecule has 0 unspecified atom stereocenters. The van der Waals surface area contributed by atoms with Gasteiger partial charge in [0.05, 0.1) is 11.0 Å². The zero-order chi connectivity index (χ0) is 18.1. The van der Waals surface area contributed by atoms with Gasteiger partial charge >= 0.3 is 6.09 Å². The van der Waals surface area contributed by atoms with E-state index in [0.29, 0.717) is 11.0 Å². The first kappa shape index (κ1) is 17.7. The Balaban J connectivity index is 2.23. The molecule has 1 amide bonds. The summed E-state index contributed by atoms with van der Waals surface area (Å²) in [6.45, 7) is 6.91. The van der Waals surface area contributed by atoms with E-state index in [1.54, 1.807) is 27.7 Å². The van der Waals surface area contributed by atoms with Crippen molar-refractivity contribution in [3.05, 3.63) is 28.3 Å². The van der Waals surface area contributed by atoms with Crippen LogP contribution in [-0.2, 0) is 4.74 Å². The third-order valence-electron chi connectivity index (χ3n) is 2.95. The van der Waals surface area contributed by atoms with Crippen LogP contribution in [0.25, 0.3) is 11.0 Å². The first-order chi connectivity index (χ1) is 11.1. The monoisotopic (exact) mass is 351 g/mol. The van der Waals surface area contributed by atoms with E-state index in [9.17, 15) is 14.9 Å². The number of hydrogen-bond donors (Lipinski definition) is 1. The lowest BCUT2D eigenvalue weighted by Gasteiger charge is -2.22. The second-order valence-electron chi connectivity index (χ2n) is 6.14. The number of ether oxygens (including phenoxy) is 1. The highest BCUT2D eigenvalue weighted by Gasteiger charge is 2.22. The number of alkyl carbamates (subject to hydrolysis) is 1. The summed E-state index contributed by atoms with van der Waals surface area (Å²) in [7, 11) is 0. The van der Waals surface area contributed by atoms with Crippen LogP contribution >= 0.6 is 12.2 Å². The average Bonchev–Trinajstić information content (AvgIpc) is 2.86. The lowest BCUT2D eigenvalue weighted by Crippen LogP contribution is -2.43. The third-order valence-corrected chi connectivity index (χ3v) is 3.48. The Kier molecular flexibility index (Phi) is 4.78. The molecule has 0 bridgehead atoms. The van der Waals surface area contributed by atoms with Gasteiger partial charge in [-0.3, -0.25) is 10.1 Å². The first-order valence-electron chi connectivity index (χ1n) is 7.12. The maximum absolute atomic E-state index is 11.8. The fourth-order valence-electron chi connectivity index (χ4n) is 1.91. The van der Waals surface area contributed by atoms with E-state index < -0.39 is 22.7 Å². The number of carbonyl (C=O) groups is 1. The van der Waals surface area contributed by atoms with Crippen LogP contribution in [0.15, 0.2) is 18.2 Å². The lowest BCUT2D eigenvalue weighted by molar-refractivity contribution is -0.384. The number of carbonyl (C=O) groups excluding carboxylic acids is 1. The Labute approximate surface area is 143 Å². The van der Waals surface area contributed by atoms with Gasteiger partial charge in [0.25, 0.3) is 5.69 Å². The van der Waals surface area contributed by atoms with E-state index in [1.807, 2.05) is 0 Å². The molecule has 0 saturated heterocycles. The molecule has 0 spiro atoms. The quantitative estimate of drug-likeness (QED) is 0.513. The van der Waals surface area contributed by atoms with Crippen molar-refractivity contribution in [2.24, 2.45) is 0 Å². The molecule has 1 aromatic heterocycles. The fourth-order valence-corrected chi connectivity index (χ4v) is 2.11. The van der Waals surface area contributed by atoms with E-state index in [-0.39, 0.29) is 10.7 Å². The number of nitrogens with zero attached hydrogens (tertiary/aromatic N) is 4. The Morgan fingerprint density at radius 3 is 2.71 bits per heavy atom. The zero-order valence-electron chi connectivity index (χ0n) is 13.6. The molecule has 128 valence electrons. The summed E-state index contributed by atoms with van der Waals surface area (Å²) in [4.78, 5) is 22.5. The molecule has 0 aliphatic carbocycles. The molecule has 24 heavy (non-hydrogen) atoms. The molecule has 9 nitrogen and oxygen atoms in total. The zero-order valence-corrected chi connectivity index (χ0v) is 14.5. The van der Waals surface area contributed by atoms with Crippen LogP contribution in [0, 0.1) is 10.1 Å². The molecular formula is C14H17N5O4S. The van der Waals surface area contributed by atoms with Gasteiger partial charge in [-0.25, -0.2) is 9.48 Å². The minimum Gasteiger partial charge on any atom is -0.444 e. The van der Waals surface area contributed by atoms with Crippen LogP contribution in [0.3, 0.4) is 0 Å². The van der Waals surface area contributed by atoms with Crippen molar-refractivity contribution in [1.29, 1.82) is 0 Å². The SMILES string of the molecule is C[C@H](NC(=O)OC(C)(C)C)C(=S)n1nnc2ccc([N+](=O)[O-])cc21. The van der Waals surface area contributed by atoms with Crippen LogP contribution < -0.4 is 5.32 Å². The molecule has 10 heteroatoms.